The molecule has 0 bridgehead atoms. The minimum absolute atomic E-state index is 0.0504. The van der Waals surface area contributed by atoms with Crippen LogP contribution in [0.1, 0.15) is 32.8 Å². The van der Waals surface area contributed by atoms with E-state index in [1.54, 1.807) is 12.1 Å². The lowest BCUT2D eigenvalue weighted by Crippen LogP contribution is -2.45. The highest BCUT2D eigenvalue weighted by Crippen LogP contribution is 2.22. The van der Waals surface area contributed by atoms with Gasteiger partial charge in [0.1, 0.15) is 0 Å². The van der Waals surface area contributed by atoms with Crippen molar-refractivity contribution in [2.45, 2.75) is 39.3 Å². The molecule has 0 saturated heterocycles. The minimum Gasteiger partial charge on any atom is -0.480 e. The van der Waals surface area contributed by atoms with Crippen LogP contribution in [0, 0.1) is 5.82 Å². The molecular formula is C14H21FN2O2. The zero-order valence-corrected chi connectivity index (χ0v) is 11.6. The highest BCUT2D eigenvalue weighted by Gasteiger charge is 2.18. The van der Waals surface area contributed by atoms with Crippen LogP contribution in [-0.2, 0) is 11.3 Å². The van der Waals surface area contributed by atoms with Crippen molar-refractivity contribution >= 4 is 5.91 Å². The molecule has 4 nitrogen and oxygen atoms in total. The molecule has 3 N–H and O–H groups in total. The number of hydrogen-bond acceptors (Lipinski definition) is 3. The Morgan fingerprint density at radius 3 is 2.74 bits per heavy atom. The molecule has 1 aromatic rings. The van der Waals surface area contributed by atoms with E-state index in [1.807, 2.05) is 20.8 Å². The molecule has 5 heteroatoms. The molecule has 106 valence electrons. The van der Waals surface area contributed by atoms with Crippen molar-refractivity contribution in [3.05, 3.63) is 29.6 Å². The van der Waals surface area contributed by atoms with Gasteiger partial charge in [0.2, 0.25) is 0 Å². The highest BCUT2D eigenvalue weighted by molar-refractivity contribution is 5.78. The van der Waals surface area contributed by atoms with Gasteiger partial charge in [-0.05, 0) is 26.3 Å². The summed E-state index contributed by atoms with van der Waals surface area (Å²) in [6, 6.07) is 4.51. The number of rotatable bonds is 6. The Morgan fingerprint density at radius 1 is 1.47 bits per heavy atom. The molecule has 0 atom stereocenters. The van der Waals surface area contributed by atoms with Gasteiger partial charge >= 0.3 is 0 Å². The zero-order chi connectivity index (χ0) is 14.5. The van der Waals surface area contributed by atoms with Gasteiger partial charge in [0, 0.05) is 17.6 Å². The second-order valence-electron chi connectivity index (χ2n) is 5.01. The maximum absolute atomic E-state index is 13.6. The minimum atomic E-state index is -0.509. The number of hydrogen-bond donors (Lipinski definition) is 2. The van der Waals surface area contributed by atoms with Gasteiger partial charge in [-0.15, -0.1) is 0 Å². The number of halogens is 1. The molecule has 19 heavy (non-hydrogen) atoms. The van der Waals surface area contributed by atoms with E-state index < -0.39 is 5.82 Å². The van der Waals surface area contributed by atoms with E-state index in [9.17, 15) is 9.18 Å². The van der Waals surface area contributed by atoms with Gasteiger partial charge < -0.3 is 15.8 Å². The lowest BCUT2D eigenvalue weighted by atomic mass is 10.0. The summed E-state index contributed by atoms with van der Waals surface area (Å²) in [6.45, 7) is 5.75. The van der Waals surface area contributed by atoms with Gasteiger partial charge in [0.15, 0.2) is 18.2 Å². The quantitative estimate of drug-likeness (QED) is 0.829. The first-order valence-electron chi connectivity index (χ1n) is 6.31. The molecule has 0 heterocycles. The normalized spacial score (nSPS) is 11.2. The van der Waals surface area contributed by atoms with E-state index in [0.29, 0.717) is 5.56 Å². The Balaban J connectivity index is 2.65. The number of nitrogens with two attached hydrogens (primary N) is 1. The van der Waals surface area contributed by atoms with Crippen molar-refractivity contribution in [3.8, 4) is 5.75 Å². The molecule has 1 rings (SSSR count). The molecule has 0 saturated carbocycles. The van der Waals surface area contributed by atoms with E-state index >= 15 is 0 Å². The predicted molar refractivity (Wildman–Crippen MR) is 72.3 cm³/mol. The average molecular weight is 268 g/mol. The summed E-state index contributed by atoms with van der Waals surface area (Å²) in [4.78, 5) is 11.7. The lowest BCUT2D eigenvalue weighted by Gasteiger charge is -2.24. The predicted octanol–water partition coefficient (Wildman–Crippen LogP) is 1.97. The van der Waals surface area contributed by atoms with E-state index in [-0.39, 0.29) is 30.3 Å². The molecule has 0 unspecified atom stereocenters. The van der Waals surface area contributed by atoms with Crippen LogP contribution < -0.4 is 15.8 Å². The first-order chi connectivity index (χ1) is 8.89. The molecule has 0 aliphatic carbocycles. The maximum atomic E-state index is 13.6. The summed E-state index contributed by atoms with van der Waals surface area (Å²) in [5, 5.41) is 2.82. The standard InChI is InChI=1S/C14H21FN2O2/c1-4-14(2,3)17-12(18)9-19-13-10(8-16)6-5-7-11(13)15/h5-7H,4,8-9,16H2,1-3H3,(H,17,18). The van der Waals surface area contributed by atoms with Crippen molar-refractivity contribution in [1.29, 1.82) is 0 Å². The molecule has 0 radical (unpaired) electrons. The smallest absolute Gasteiger partial charge is 0.258 e. The fourth-order valence-corrected chi connectivity index (χ4v) is 1.52. The molecule has 1 amide bonds. The van der Waals surface area contributed by atoms with Crippen LogP contribution in [0.15, 0.2) is 18.2 Å². The van der Waals surface area contributed by atoms with Crippen LogP contribution in [-0.4, -0.2) is 18.1 Å². The summed E-state index contributed by atoms with van der Waals surface area (Å²) in [5.41, 5.74) is 5.75. The third kappa shape index (κ3) is 4.52. The summed E-state index contributed by atoms with van der Waals surface area (Å²) >= 11 is 0. The number of carbonyl (C=O) groups is 1. The third-order valence-corrected chi connectivity index (χ3v) is 2.98. The van der Waals surface area contributed by atoms with E-state index in [2.05, 4.69) is 5.32 Å². The first-order valence-corrected chi connectivity index (χ1v) is 6.31. The Morgan fingerprint density at radius 2 is 2.16 bits per heavy atom. The van der Waals surface area contributed by atoms with Crippen LogP contribution in [0.2, 0.25) is 0 Å². The number of benzene rings is 1. The summed E-state index contributed by atoms with van der Waals surface area (Å²) in [7, 11) is 0. The zero-order valence-electron chi connectivity index (χ0n) is 11.6. The average Bonchev–Trinajstić information content (AvgIpc) is 2.36. The second kappa shape index (κ2) is 6.52. The number of para-hydroxylation sites is 1. The van der Waals surface area contributed by atoms with Crippen LogP contribution in [0.25, 0.3) is 0 Å². The number of carbonyl (C=O) groups excluding carboxylic acids is 1. The highest BCUT2D eigenvalue weighted by atomic mass is 19.1. The molecule has 1 aromatic carbocycles. The van der Waals surface area contributed by atoms with E-state index in [1.165, 1.54) is 6.07 Å². The molecule has 0 spiro atoms. The van der Waals surface area contributed by atoms with Crippen LogP contribution in [0.4, 0.5) is 4.39 Å². The van der Waals surface area contributed by atoms with Gasteiger partial charge in [0.05, 0.1) is 0 Å². The van der Waals surface area contributed by atoms with Gasteiger partial charge in [0.25, 0.3) is 5.91 Å². The van der Waals surface area contributed by atoms with Crippen molar-refractivity contribution < 1.29 is 13.9 Å². The first kappa shape index (κ1) is 15.4. The topological polar surface area (TPSA) is 64.3 Å². The number of nitrogens with one attached hydrogen (secondary N) is 1. The van der Waals surface area contributed by atoms with Gasteiger partial charge in [-0.3, -0.25) is 4.79 Å². The molecular weight excluding hydrogens is 247 g/mol. The van der Waals surface area contributed by atoms with Gasteiger partial charge in [-0.2, -0.15) is 0 Å². The van der Waals surface area contributed by atoms with E-state index in [4.69, 9.17) is 10.5 Å². The van der Waals surface area contributed by atoms with Crippen LogP contribution >= 0.6 is 0 Å². The summed E-state index contributed by atoms with van der Waals surface area (Å²) in [5.74, 6) is -0.738. The monoisotopic (exact) mass is 268 g/mol. The fraction of sp³-hybridized carbons (Fsp3) is 0.500. The Kier molecular flexibility index (Phi) is 5.30. The van der Waals surface area contributed by atoms with E-state index in [0.717, 1.165) is 6.42 Å². The van der Waals surface area contributed by atoms with Crippen molar-refractivity contribution in [1.82, 2.24) is 5.32 Å². The maximum Gasteiger partial charge on any atom is 0.258 e. The molecule has 0 aromatic heterocycles. The van der Waals surface area contributed by atoms with Crippen LogP contribution in [0.5, 0.6) is 5.75 Å². The molecule has 0 aliphatic heterocycles. The van der Waals surface area contributed by atoms with Crippen molar-refractivity contribution in [2.75, 3.05) is 6.61 Å². The van der Waals surface area contributed by atoms with Crippen molar-refractivity contribution in [3.63, 3.8) is 0 Å². The molecule has 0 fully saturated rings. The number of ether oxygens (including phenoxy) is 1. The van der Waals surface area contributed by atoms with Crippen LogP contribution in [0.3, 0.4) is 0 Å². The largest absolute Gasteiger partial charge is 0.480 e. The van der Waals surface area contributed by atoms with Gasteiger partial charge in [-0.1, -0.05) is 19.1 Å². The lowest BCUT2D eigenvalue weighted by molar-refractivity contribution is -0.124. The second-order valence-corrected chi connectivity index (χ2v) is 5.01. The van der Waals surface area contributed by atoms with Gasteiger partial charge in [-0.25, -0.2) is 4.39 Å². The summed E-state index contributed by atoms with van der Waals surface area (Å²) in [6.07, 6.45) is 0.798. The fourth-order valence-electron chi connectivity index (χ4n) is 1.52. The number of amides is 1. The Bertz CT molecular complexity index is 447. The Hall–Kier alpha value is -1.62. The summed E-state index contributed by atoms with van der Waals surface area (Å²) < 4.78 is 18.8. The third-order valence-electron chi connectivity index (χ3n) is 2.98. The molecule has 0 aliphatic rings. The Labute approximate surface area is 113 Å². The van der Waals surface area contributed by atoms with Crippen molar-refractivity contribution in [2.24, 2.45) is 5.73 Å². The SMILES string of the molecule is CCC(C)(C)NC(=O)COc1c(F)cccc1CN.